The number of thioether (sulfide) groups is 1. The minimum Gasteiger partial charge on any atom is -0.394 e. The van der Waals surface area contributed by atoms with Crippen molar-refractivity contribution in [3.63, 3.8) is 0 Å². The van der Waals surface area contributed by atoms with Crippen LogP contribution in [0.2, 0.25) is 0 Å². The number of aliphatic hydroxyl groups is 2. The molecular formula is C12H18BrNO2S. The molecule has 0 aromatic heterocycles. The summed E-state index contributed by atoms with van der Waals surface area (Å²) in [6, 6.07) is 6.10. The van der Waals surface area contributed by atoms with E-state index in [2.05, 4.69) is 34.2 Å². The van der Waals surface area contributed by atoms with Crippen LogP contribution in [0.25, 0.3) is 0 Å². The van der Waals surface area contributed by atoms with Crippen LogP contribution in [0.15, 0.2) is 27.6 Å². The van der Waals surface area contributed by atoms with Crippen molar-refractivity contribution in [2.75, 3.05) is 18.9 Å². The van der Waals surface area contributed by atoms with Gasteiger partial charge in [0.05, 0.1) is 12.7 Å². The Kier molecular flexibility index (Phi) is 7.15. The number of nitrogens with one attached hydrogen (secondary N) is 1. The average molecular weight is 320 g/mol. The summed E-state index contributed by atoms with van der Waals surface area (Å²) < 4.78 is 1.05. The predicted octanol–water partition coefficient (Wildman–Crippen LogP) is 2.00. The number of rotatable bonds is 7. The molecule has 3 nitrogen and oxygen atoms in total. The van der Waals surface area contributed by atoms with Crippen LogP contribution in [0.5, 0.6) is 0 Å². The van der Waals surface area contributed by atoms with Crippen molar-refractivity contribution in [1.82, 2.24) is 5.32 Å². The van der Waals surface area contributed by atoms with Gasteiger partial charge in [-0.3, -0.25) is 0 Å². The lowest BCUT2D eigenvalue weighted by molar-refractivity contribution is 0.113. The van der Waals surface area contributed by atoms with Crippen LogP contribution in [0, 0.1) is 0 Å². The molecule has 0 radical (unpaired) electrons. The van der Waals surface area contributed by atoms with Crippen molar-refractivity contribution in [3.05, 3.63) is 28.2 Å². The molecule has 0 saturated heterocycles. The van der Waals surface area contributed by atoms with Gasteiger partial charge in [0, 0.05) is 21.7 Å². The van der Waals surface area contributed by atoms with Gasteiger partial charge < -0.3 is 15.5 Å². The Bertz CT molecular complexity index is 349. The molecule has 0 bridgehead atoms. The van der Waals surface area contributed by atoms with E-state index in [4.69, 9.17) is 5.11 Å². The summed E-state index contributed by atoms with van der Waals surface area (Å²) >= 11 is 5.02. The maximum Gasteiger partial charge on any atom is 0.0864 e. The Morgan fingerprint density at radius 1 is 1.47 bits per heavy atom. The molecule has 96 valence electrons. The van der Waals surface area contributed by atoms with E-state index >= 15 is 0 Å². The Labute approximate surface area is 115 Å². The molecule has 0 amide bonds. The second-order valence-electron chi connectivity index (χ2n) is 3.68. The predicted molar refractivity (Wildman–Crippen MR) is 75.3 cm³/mol. The van der Waals surface area contributed by atoms with Crippen molar-refractivity contribution >= 4 is 27.7 Å². The summed E-state index contributed by atoms with van der Waals surface area (Å²) in [5.74, 6) is 0.511. The molecule has 0 fully saturated rings. The van der Waals surface area contributed by atoms with Crippen LogP contribution in [0.3, 0.4) is 0 Å². The smallest absolute Gasteiger partial charge is 0.0864 e. The molecule has 0 aliphatic rings. The molecule has 0 aliphatic carbocycles. The zero-order chi connectivity index (χ0) is 12.7. The monoisotopic (exact) mass is 319 g/mol. The van der Waals surface area contributed by atoms with Gasteiger partial charge in [0.2, 0.25) is 0 Å². The average Bonchev–Trinajstić information content (AvgIpc) is 2.34. The van der Waals surface area contributed by atoms with Crippen molar-refractivity contribution in [3.8, 4) is 0 Å². The molecule has 1 aromatic carbocycles. The first-order valence-corrected chi connectivity index (χ1v) is 7.36. The molecule has 17 heavy (non-hydrogen) atoms. The Morgan fingerprint density at radius 2 is 2.24 bits per heavy atom. The Morgan fingerprint density at radius 3 is 2.88 bits per heavy atom. The number of aliphatic hydroxyl groups excluding tert-OH is 2. The standard InChI is InChI=1S/C12H18BrNO2S/c1-2-14-6-9-5-10(13)3-4-12(9)17-8-11(16)7-15/h3-5,11,14-16H,2,6-8H2,1H3. The third-order valence-corrected chi connectivity index (χ3v) is 3.98. The van der Waals surface area contributed by atoms with Crippen LogP contribution in [0.4, 0.5) is 0 Å². The summed E-state index contributed by atoms with van der Waals surface area (Å²) in [6.45, 7) is 3.62. The number of benzene rings is 1. The molecule has 1 atom stereocenters. The lowest BCUT2D eigenvalue weighted by atomic mass is 10.2. The zero-order valence-electron chi connectivity index (χ0n) is 9.82. The molecule has 0 heterocycles. The highest BCUT2D eigenvalue weighted by molar-refractivity contribution is 9.10. The second kappa shape index (κ2) is 8.11. The highest BCUT2D eigenvalue weighted by atomic mass is 79.9. The first kappa shape index (κ1) is 15.0. The van der Waals surface area contributed by atoms with Crippen LogP contribution in [0.1, 0.15) is 12.5 Å². The van der Waals surface area contributed by atoms with Crippen molar-refractivity contribution in [2.24, 2.45) is 0 Å². The van der Waals surface area contributed by atoms with Gasteiger partial charge in [-0.05, 0) is 30.3 Å². The van der Waals surface area contributed by atoms with E-state index < -0.39 is 6.10 Å². The maximum atomic E-state index is 9.35. The Balaban J connectivity index is 2.68. The third-order valence-electron chi connectivity index (χ3n) is 2.23. The molecular weight excluding hydrogens is 302 g/mol. The van der Waals surface area contributed by atoms with Gasteiger partial charge in [0.1, 0.15) is 0 Å². The van der Waals surface area contributed by atoms with Crippen molar-refractivity contribution < 1.29 is 10.2 Å². The minimum absolute atomic E-state index is 0.188. The van der Waals surface area contributed by atoms with E-state index in [1.54, 1.807) is 11.8 Å². The van der Waals surface area contributed by atoms with E-state index in [0.29, 0.717) is 5.75 Å². The van der Waals surface area contributed by atoms with Crippen molar-refractivity contribution in [1.29, 1.82) is 0 Å². The molecule has 1 rings (SSSR count). The second-order valence-corrected chi connectivity index (χ2v) is 5.66. The van der Waals surface area contributed by atoms with E-state index in [0.717, 1.165) is 22.5 Å². The van der Waals surface area contributed by atoms with E-state index in [-0.39, 0.29) is 6.61 Å². The van der Waals surface area contributed by atoms with Gasteiger partial charge >= 0.3 is 0 Å². The maximum absolute atomic E-state index is 9.35. The summed E-state index contributed by atoms with van der Waals surface area (Å²) in [4.78, 5) is 1.14. The summed E-state index contributed by atoms with van der Waals surface area (Å²) in [5.41, 5.74) is 1.20. The number of halogens is 1. The lowest BCUT2D eigenvalue weighted by Crippen LogP contribution is -2.15. The Hall–Kier alpha value is -0.0700. The first-order valence-electron chi connectivity index (χ1n) is 5.58. The summed E-state index contributed by atoms with van der Waals surface area (Å²) in [7, 11) is 0. The highest BCUT2D eigenvalue weighted by Crippen LogP contribution is 2.26. The van der Waals surface area contributed by atoms with E-state index in [1.807, 2.05) is 12.1 Å². The molecule has 0 spiro atoms. The van der Waals surface area contributed by atoms with Gasteiger partial charge in [0.15, 0.2) is 0 Å². The topological polar surface area (TPSA) is 52.5 Å². The largest absolute Gasteiger partial charge is 0.394 e. The summed E-state index contributed by atoms with van der Waals surface area (Å²) in [5, 5.41) is 21.4. The minimum atomic E-state index is -0.657. The zero-order valence-corrected chi connectivity index (χ0v) is 12.2. The van der Waals surface area contributed by atoms with E-state index in [1.165, 1.54) is 5.56 Å². The summed E-state index contributed by atoms with van der Waals surface area (Å²) in [6.07, 6.45) is -0.657. The first-order chi connectivity index (χ1) is 8.17. The van der Waals surface area contributed by atoms with Crippen LogP contribution in [-0.4, -0.2) is 35.2 Å². The normalized spacial score (nSPS) is 12.7. The molecule has 0 saturated carbocycles. The van der Waals surface area contributed by atoms with Crippen molar-refractivity contribution in [2.45, 2.75) is 24.5 Å². The van der Waals surface area contributed by atoms with Gasteiger partial charge in [-0.15, -0.1) is 11.8 Å². The molecule has 0 aliphatic heterocycles. The van der Waals surface area contributed by atoms with Crippen LogP contribution >= 0.6 is 27.7 Å². The SMILES string of the molecule is CCNCc1cc(Br)ccc1SCC(O)CO. The van der Waals surface area contributed by atoms with Gasteiger partial charge in [0.25, 0.3) is 0 Å². The fourth-order valence-corrected chi connectivity index (χ4v) is 2.69. The van der Waals surface area contributed by atoms with Gasteiger partial charge in [-0.25, -0.2) is 0 Å². The highest BCUT2D eigenvalue weighted by Gasteiger charge is 2.07. The quantitative estimate of drug-likeness (QED) is 0.673. The lowest BCUT2D eigenvalue weighted by Gasteiger charge is -2.12. The van der Waals surface area contributed by atoms with Gasteiger partial charge in [-0.1, -0.05) is 22.9 Å². The number of hydrogen-bond donors (Lipinski definition) is 3. The molecule has 5 heteroatoms. The molecule has 1 unspecified atom stereocenters. The third kappa shape index (κ3) is 5.40. The fourth-order valence-electron chi connectivity index (χ4n) is 1.33. The molecule has 1 aromatic rings. The number of hydrogen-bond acceptors (Lipinski definition) is 4. The van der Waals surface area contributed by atoms with Gasteiger partial charge in [-0.2, -0.15) is 0 Å². The van der Waals surface area contributed by atoms with Crippen LogP contribution < -0.4 is 5.32 Å². The van der Waals surface area contributed by atoms with E-state index in [9.17, 15) is 5.11 Å². The van der Waals surface area contributed by atoms with Crippen LogP contribution in [-0.2, 0) is 6.54 Å². The fraction of sp³-hybridized carbons (Fsp3) is 0.500. The molecule has 3 N–H and O–H groups in total.